The van der Waals surface area contributed by atoms with Crippen molar-refractivity contribution >= 4 is 22.7 Å². The third kappa shape index (κ3) is 2.16. The molecule has 23 heavy (non-hydrogen) atoms. The zero-order valence-electron chi connectivity index (χ0n) is 12.4. The molecular weight excluding hydrogens is 292 g/mol. The summed E-state index contributed by atoms with van der Waals surface area (Å²) >= 11 is 0. The van der Waals surface area contributed by atoms with Gasteiger partial charge in [-0.25, -0.2) is 0 Å². The maximum absolute atomic E-state index is 12.4. The molecule has 0 bridgehead atoms. The van der Waals surface area contributed by atoms with Crippen LogP contribution in [0.25, 0.3) is 10.9 Å². The van der Waals surface area contributed by atoms with Crippen molar-refractivity contribution < 1.29 is 14.7 Å². The highest BCUT2D eigenvalue weighted by Crippen LogP contribution is 2.31. The van der Waals surface area contributed by atoms with Crippen LogP contribution < -0.4 is 0 Å². The molecule has 1 aliphatic carbocycles. The van der Waals surface area contributed by atoms with Gasteiger partial charge in [-0.2, -0.15) is 0 Å². The lowest BCUT2D eigenvalue weighted by Gasteiger charge is -2.13. The standard InChI is InChI=1S/C18H16N2O3/c21-12-5-6-16-15(9-12)11(10-19-16)7-8-20-17(22)13-3-1-2-4-14(13)18(20)23/h1-6,9-10,13-14,19,21H,7-8H2/t13-,14+. The van der Waals surface area contributed by atoms with Crippen LogP contribution in [0.4, 0.5) is 0 Å². The molecule has 1 saturated heterocycles. The second-order valence-electron chi connectivity index (χ2n) is 5.94. The van der Waals surface area contributed by atoms with Crippen molar-refractivity contribution in [1.82, 2.24) is 9.88 Å². The Morgan fingerprint density at radius 2 is 1.78 bits per heavy atom. The number of hydrogen-bond acceptors (Lipinski definition) is 3. The number of aromatic nitrogens is 1. The van der Waals surface area contributed by atoms with Crippen molar-refractivity contribution in [2.24, 2.45) is 11.8 Å². The van der Waals surface area contributed by atoms with Gasteiger partial charge in [-0.1, -0.05) is 24.3 Å². The molecule has 1 fully saturated rings. The molecule has 2 aliphatic rings. The van der Waals surface area contributed by atoms with Crippen molar-refractivity contribution in [3.8, 4) is 5.75 Å². The summed E-state index contributed by atoms with van der Waals surface area (Å²) in [6.45, 7) is 0.356. The van der Waals surface area contributed by atoms with Crippen LogP contribution in [0, 0.1) is 11.8 Å². The molecule has 0 saturated carbocycles. The number of rotatable bonds is 3. The van der Waals surface area contributed by atoms with Crippen LogP contribution >= 0.6 is 0 Å². The van der Waals surface area contributed by atoms with Gasteiger partial charge in [0.05, 0.1) is 11.8 Å². The second kappa shape index (κ2) is 5.12. The Labute approximate surface area is 132 Å². The lowest BCUT2D eigenvalue weighted by atomic mass is 9.91. The van der Waals surface area contributed by atoms with Gasteiger partial charge in [-0.3, -0.25) is 14.5 Å². The van der Waals surface area contributed by atoms with E-state index in [4.69, 9.17) is 0 Å². The molecule has 2 amide bonds. The number of nitrogens with zero attached hydrogens (tertiary/aromatic N) is 1. The van der Waals surface area contributed by atoms with Crippen LogP contribution in [-0.4, -0.2) is 33.3 Å². The van der Waals surface area contributed by atoms with Gasteiger partial charge >= 0.3 is 0 Å². The van der Waals surface area contributed by atoms with Crippen molar-refractivity contribution in [2.75, 3.05) is 6.54 Å². The number of phenolic OH excluding ortho intramolecular Hbond substituents is 1. The molecule has 5 heteroatoms. The fourth-order valence-corrected chi connectivity index (χ4v) is 3.37. The van der Waals surface area contributed by atoms with Crippen LogP contribution in [0.2, 0.25) is 0 Å². The van der Waals surface area contributed by atoms with Crippen molar-refractivity contribution in [1.29, 1.82) is 0 Å². The van der Waals surface area contributed by atoms with E-state index in [0.29, 0.717) is 13.0 Å². The van der Waals surface area contributed by atoms with Crippen molar-refractivity contribution in [2.45, 2.75) is 6.42 Å². The minimum absolute atomic E-state index is 0.122. The number of carbonyl (C=O) groups excluding carboxylic acids is 2. The van der Waals surface area contributed by atoms with E-state index in [0.717, 1.165) is 16.5 Å². The zero-order chi connectivity index (χ0) is 16.0. The largest absolute Gasteiger partial charge is 0.508 e. The van der Waals surface area contributed by atoms with E-state index in [9.17, 15) is 14.7 Å². The number of aromatic amines is 1. The summed E-state index contributed by atoms with van der Waals surface area (Å²) in [5.41, 5.74) is 1.91. The van der Waals surface area contributed by atoms with Crippen LogP contribution in [0.5, 0.6) is 5.75 Å². The summed E-state index contributed by atoms with van der Waals surface area (Å²) in [7, 11) is 0. The summed E-state index contributed by atoms with van der Waals surface area (Å²) in [5.74, 6) is -0.737. The molecule has 1 aromatic carbocycles. The predicted octanol–water partition coefficient (Wildman–Crippen LogP) is 2.14. The molecule has 0 unspecified atom stereocenters. The van der Waals surface area contributed by atoms with Gasteiger partial charge in [0.2, 0.25) is 11.8 Å². The topological polar surface area (TPSA) is 73.4 Å². The first-order valence-corrected chi connectivity index (χ1v) is 7.64. The molecule has 2 N–H and O–H groups in total. The third-order valence-electron chi connectivity index (χ3n) is 4.59. The average Bonchev–Trinajstić information content (AvgIpc) is 3.06. The number of fused-ring (bicyclic) bond motifs is 2. The highest BCUT2D eigenvalue weighted by atomic mass is 16.3. The number of carbonyl (C=O) groups is 2. The van der Waals surface area contributed by atoms with Gasteiger partial charge in [0, 0.05) is 23.6 Å². The Morgan fingerprint density at radius 3 is 2.48 bits per heavy atom. The smallest absolute Gasteiger partial charge is 0.237 e. The lowest BCUT2D eigenvalue weighted by Crippen LogP contribution is -2.32. The Balaban J connectivity index is 1.55. The van der Waals surface area contributed by atoms with Crippen LogP contribution in [-0.2, 0) is 16.0 Å². The Morgan fingerprint density at radius 1 is 1.09 bits per heavy atom. The molecule has 4 rings (SSSR count). The van der Waals surface area contributed by atoms with Crippen LogP contribution in [0.15, 0.2) is 48.7 Å². The quantitative estimate of drug-likeness (QED) is 0.853. The molecule has 2 atom stereocenters. The Bertz CT molecular complexity index is 832. The number of benzene rings is 1. The fourth-order valence-electron chi connectivity index (χ4n) is 3.37. The SMILES string of the molecule is O=C1[C@H]2C=CC=C[C@H]2C(=O)N1CCc1c[nH]c2ccc(O)cc12. The van der Waals surface area contributed by atoms with Gasteiger partial charge in [-0.05, 0) is 30.2 Å². The minimum Gasteiger partial charge on any atom is -0.508 e. The monoisotopic (exact) mass is 308 g/mol. The molecule has 0 spiro atoms. The van der Waals surface area contributed by atoms with E-state index in [-0.39, 0.29) is 29.4 Å². The summed E-state index contributed by atoms with van der Waals surface area (Å²) in [6.07, 6.45) is 9.66. The van der Waals surface area contributed by atoms with E-state index in [2.05, 4.69) is 4.98 Å². The highest BCUT2D eigenvalue weighted by molar-refractivity contribution is 6.07. The molecule has 5 nitrogen and oxygen atoms in total. The van der Waals surface area contributed by atoms with Gasteiger partial charge in [0.15, 0.2) is 0 Å². The summed E-state index contributed by atoms with van der Waals surface area (Å²) in [4.78, 5) is 29.3. The average molecular weight is 308 g/mol. The molecular formula is C18H16N2O3. The zero-order valence-corrected chi connectivity index (χ0v) is 12.4. The molecule has 1 aliphatic heterocycles. The first-order chi connectivity index (χ1) is 11.1. The first kappa shape index (κ1) is 13.8. The highest BCUT2D eigenvalue weighted by Gasteiger charge is 2.45. The number of phenols is 1. The van der Waals surface area contributed by atoms with E-state index in [1.165, 1.54) is 4.90 Å². The van der Waals surface area contributed by atoms with Gasteiger partial charge in [0.25, 0.3) is 0 Å². The molecule has 2 heterocycles. The number of likely N-dealkylation sites (tertiary alicyclic amines) is 1. The number of H-pyrrole nitrogens is 1. The predicted molar refractivity (Wildman–Crippen MR) is 85.6 cm³/mol. The summed E-state index contributed by atoms with van der Waals surface area (Å²) in [5, 5.41) is 10.5. The number of amides is 2. The fraction of sp³-hybridized carbons (Fsp3) is 0.222. The van der Waals surface area contributed by atoms with Crippen LogP contribution in [0.3, 0.4) is 0 Å². The first-order valence-electron chi connectivity index (χ1n) is 7.64. The van der Waals surface area contributed by atoms with Crippen molar-refractivity contribution in [3.63, 3.8) is 0 Å². The van der Waals surface area contributed by atoms with E-state index in [1.807, 2.05) is 24.4 Å². The molecule has 2 aromatic rings. The number of hydrogen-bond donors (Lipinski definition) is 2. The maximum Gasteiger partial charge on any atom is 0.237 e. The maximum atomic E-state index is 12.4. The van der Waals surface area contributed by atoms with Gasteiger partial charge in [-0.15, -0.1) is 0 Å². The number of aromatic hydroxyl groups is 1. The van der Waals surface area contributed by atoms with E-state index >= 15 is 0 Å². The molecule has 116 valence electrons. The molecule has 1 aromatic heterocycles. The van der Waals surface area contributed by atoms with Gasteiger partial charge in [0.1, 0.15) is 5.75 Å². The summed E-state index contributed by atoms with van der Waals surface area (Å²) < 4.78 is 0. The van der Waals surface area contributed by atoms with Crippen molar-refractivity contribution in [3.05, 3.63) is 54.3 Å². The minimum atomic E-state index is -0.348. The third-order valence-corrected chi connectivity index (χ3v) is 4.59. The Kier molecular flexibility index (Phi) is 3.08. The Hall–Kier alpha value is -2.82. The number of nitrogens with one attached hydrogen (secondary N) is 1. The lowest BCUT2D eigenvalue weighted by molar-refractivity contribution is -0.139. The second-order valence-corrected chi connectivity index (χ2v) is 5.94. The van der Waals surface area contributed by atoms with E-state index in [1.54, 1.807) is 24.3 Å². The summed E-state index contributed by atoms with van der Waals surface area (Å²) in [6, 6.07) is 5.13. The molecule has 0 radical (unpaired) electrons. The van der Waals surface area contributed by atoms with Gasteiger partial charge < -0.3 is 10.1 Å². The van der Waals surface area contributed by atoms with Crippen LogP contribution in [0.1, 0.15) is 5.56 Å². The number of allylic oxidation sites excluding steroid dienone is 2. The normalized spacial score (nSPS) is 23.0. The number of imide groups is 1. The van der Waals surface area contributed by atoms with E-state index < -0.39 is 0 Å².